The lowest BCUT2D eigenvalue weighted by Gasteiger charge is -2.21. The van der Waals surface area contributed by atoms with E-state index in [0.29, 0.717) is 25.7 Å². The molecule has 0 aliphatic carbocycles. The van der Waals surface area contributed by atoms with Crippen molar-refractivity contribution in [2.75, 3.05) is 39.6 Å². The lowest BCUT2D eigenvalue weighted by molar-refractivity contribution is -0.161. The second-order valence-electron chi connectivity index (χ2n) is 27.2. The maximum absolute atomic E-state index is 13.1. The van der Waals surface area contributed by atoms with Crippen molar-refractivity contribution in [2.45, 2.75) is 406 Å². The molecule has 0 aromatic carbocycles. The molecule has 5 atom stereocenters. The number of unbranched alkanes of at least 4 members (excludes halogenated alkanes) is 46. The number of aliphatic hydroxyl groups is 1. The average Bonchev–Trinajstić information content (AvgIpc) is 1.85. The van der Waals surface area contributed by atoms with Crippen LogP contribution in [0.3, 0.4) is 0 Å². The summed E-state index contributed by atoms with van der Waals surface area (Å²) in [7, 11) is -9.90. The molecule has 19 heteroatoms. The van der Waals surface area contributed by atoms with Crippen molar-refractivity contribution >= 4 is 39.5 Å². The first kappa shape index (κ1) is 91.1. The molecule has 0 saturated carbocycles. The maximum atomic E-state index is 13.1. The van der Waals surface area contributed by atoms with Crippen molar-refractivity contribution in [3.63, 3.8) is 0 Å². The molecule has 0 radical (unpaired) electrons. The van der Waals surface area contributed by atoms with Gasteiger partial charge in [-0.2, -0.15) is 0 Å². The molecule has 0 spiro atoms. The minimum Gasteiger partial charge on any atom is -0.462 e. The normalized spacial score (nSPS) is 14.0. The highest BCUT2D eigenvalue weighted by Gasteiger charge is 2.30. The Kier molecular flexibility index (Phi) is 65.9. The van der Waals surface area contributed by atoms with Gasteiger partial charge in [0.15, 0.2) is 12.2 Å². The van der Waals surface area contributed by atoms with Crippen molar-refractivity contribution in [2.24, 2.45) is 5.92 Å². The topological polar surface area (TPSA) is 237 Å². The molecule has 0 amide bonds. The van der Waals surface area contributed by atoms with Crippen molar-refractivity contribution in [3.05, 3.63) is 0 Å². The highest BCUT2D eigenvalue weighted by molar-refractivity contribution is 7.47. The molecule has 0 fully saturated rings. The number of ether oxygens (including phenoxy) is 4. The number of hydrogen-bond acceptors (Lipinski definition) is 15. The molecule has 3 N–H and O–H groups in total. The van der Waals surface area contributed by atoms with Crippen LogP contribution in [0.2, 0.25) is 0 Å². The van der Waals surface area contributed by atoms with E-state index in [2.05, 4.69) is 34.6 Å². The minimum absolute atomic E-state index is 0.107. The van der Waals surface area contributed by atoms with Crippen molar-refractivity contribution < 1.29 is 80.2 Å². The van der Waals surface area contributed by atoms with Gasteiger partial charge in [-0.1, -0.05) is 336 Å². The van der Waals surface area contributed by atoms with Crippen LogP contribution in [-0.4, -0.2) is 96.7 Å². The Balaban J connectivity index is 5.17. The van der Waals surface area contributed by atoms with Crippen LogP contribution in [-0.2, 0) is 65.4 Å². The van der Waals surface area contributed by atoms with Crippen LogP contribution in [0.4, 0.5) is 0 Å². The molecular formula is C74H144O17P2. The number of rotatable bonds is 74. The minimum atomic E-state index is -4.95. The lowest BCUT2D eigenvalue weighted by atomic mass is 10.0. The molecule has 17 nitrogen and oxygen atoms in total. The van der Waals surface area contributed by atoms with Crippen molar-refractivity contribution in [1.29, 1.82) is 0 Å². The highest BCUT2D eigenvalue weighted by Crippen LogP contribution is 2.45. The van der Waals surface area contributed by atoms with Gasteiger partial charge in [0.2, 0.25) is 0 Å². The van der Waals surface area contributed by atoms with E-state index in [9.17, 15) is 43.2 Å². The molecular weight excluding hydrogens is 1220 g/mol. The second-order valence-corrected chi connectivity index (χ2v) is 30.1. The third-order valence-corrected chi connectivity index (χ3v) is 19.2. The molecule has 0 bridgehead atoms. The monoisotopic (exact) mass is 1370 g/mol. The van der Waals surface area contributed by atoms with Gasteiger partial charge >= 0.3 is 39.5 Å². The Morgan fingerprint density at radius 3 is 0.731 bits per heavy atom. The first-order valence-electron chi connectivity index (χ1n) is 38.6. The molecule has 0 rings (SSSR count). The molecule has 93 heavy (non-hydrogen) atoms. The van der Waals surface area contributed by atoms with Gasteiger partial charge in [0, 0.05) is 25.7 Å². The third kappa shape index (κ3) is 68.4. The number of phosphoric ester groups is 2. The van der Waals surface area contributed by atoms with Gasteiger partial charge in [0.1, 0.15) is 19.3 Å². The van der Waals surface area contributed by atoms with Crippen LogP contribution in [0.25, 0.3) is 0 Å². The highest BCUT2D eigenvalue weighted by atomic mass is 31.2. The Morgan fingerprint density at radius 1 is 0.290 bits per heavy atom. The van der Waals surface area contributed by atoms with Crippen molar-refractivity contribution in [1.82, 2.24) is 0 Å². The van der Waals surface area contributed by atoms with Crippen LogP contribution >= 0.6 is 15.6 Å². The first-order chi connectivity index (χ1) is 45.0. The summed E-state index contributed by atoms with van der Waals surface area (Å²) in [4.78, 5) is 72.5. The number of esters is 4. The third-order valence-electron chi connectivity index (χ3n) is 17.3. The molecule has 0 aliphatic rings. The van der Waals surface area contributed by atoms with Crippen LogP contribution in [0.15, 0.2) is 0 Å². The molecule has 0 heterocycles. The number of hydrogen-bond donors (Lipinski definition) is 3. The summed E-state index contributed by atoms with van der Waals surface area (Å²) < 4.78 is 68.3. The van der Waals surface area contributed by atoms with E-state index in [1.54, 1.807) is 0 Å². The quantitative estimate of drug-likeness (QED) is 0.0222. The summed E-state index contributed by atoms with van der Waals surface area (Å²) >= 11 is 0. The molecule has 2 unspecified atom stereocenters. The van der Waals surface area contributed by atoms with Crippen LogP contribution in [0.1, 0.15) is 388 Å². The molecule has 0 aliphatic heterocycles. The van der Waals surface area contributed by atoms with E-state index in [4.69, 9.17) is 37.0 Å². The molecule has 0 aromatic rings. The standard InChI is InChI=1S/C74H144O17P2/c1-6-9-12-15-18-20-22-23-24-25-26-27-28-29-30-36-40-45-50-55-60-74(79)91-70(64-85-72(77)58-53-48-43-38-35-32-31-34-37-42-46-51-56-67(4)5)66-89-93(82,83)87-62-68(75)61-86-92(80,81)88-65-69(63-84-71(76)57-52-47-41-17-14-11-8-3)90-73(78)59-54-49-44-39-33-21-19-16-13-10-7-2/h67-70,75H,6-66H2,1-5H3,(H,80,81)(H,82,83)/t68-,69+,70+/m0/s1. The van der Waals surface area contributed by atoms with E-state index in [0.717, 1.165) is 109 Å². The van der Waals surface area contributed by atoms with Gasteiger partial charge in [-0.15, -0.1) is 0 Å². The second kappa shape index (κ2) is 67.3. The molecule has 0 saturated heterocycles. The Morgan fingerprint density at radius 2 is 0.495 bits per heavy atom. The Hall–Kier alpha value is -1.94. The van der Waals surface area contributed by atoms with Crippen LogP contribution in [0, 0.1) is 5.92 Å². The number of carbonyl (C=O) groups excluding carboxylic acids is 4. The number of carbonyl (C=O) groups is 4. The van der Waals surface area contributed by atoms with Crippen molar-refractivity contribution in [3.8, 4) is 0 Å². The summed E-state index contributed by atoms with van der Waals surface area (Å²) in [5.41, 5.74) is 0. The number of aliphatic hydroxyl groups excluding tert-OH is 1. The summed E-state index contributed by atoms with van der Waals surface area (Å²) in [5, 5.41) is 10.6. The van der Waals surface area contributed by atoms with E-state index in [-0.39, 0.29) is 25.7 Å². The smallest absolute Gasteiger partial charge is 0.462 e. The summed E-state index contributed by atoms with van der Waals surface area (Å²) in [5.74, 6) is -1.34. The maximum Gasteiger partial charge on any atom is 0.472 e. The molecule has 0 aromatic heterocycles. The zero-order valence-electron chi connectivity index (χ0n) is 60.4. The first-order valence-corrected chi connectivity index (χ1v) is 41.6. The predicted molar refractivity (Wildman–Crippen MR) is 377 cm³/mol. The largest absolute Gasteiger partial charge is 0.472 e. The van der Waals surface area contributed by atoms with E-state index in [1.165, 1.54) is 199 Å². The predicted octanol–water partition coefficient (Wildman–Crippen LogP) is 21.7. The fourth-order valence-corrected chi connectivity index (χ4v) is 12.9. The zero-order valence-corrected chi connectivity index (χ0v) is 62.2. The fourth-order valence-electron chi connectivity index (χ4n) is 11.4. The van der Waals surface area contributed by atoms with E-state index >= 15 is 0 Å². The lowest BCUT2D eigenvalue weighted by Crippen LogP contribution is -2.30. The summed E-state index contributed by atoms with van der Waals surface area (Å²) in [6.07, 6.45) is 55.7. The average molecular weight is 1370 g/mol. The van der Waals surface area contributed by atoms with Crippen LogP contribution in [0.5, 0.6) is 0 Å². The van der Waals surface area contributed by atoms with Gasteiger partial charge < -0.3 is 33.8 Å². The van der Waals surface area contributed by atoms with Crippen LogP contribution < -0.4 is 0 Å². The van der Waals surface area contributed by atoms with Gasteiger partial charge in [0.25, 0.3) is 0 Å². The zero-order chi connectivity index (χ0) is 68.4. The van der Waals surface area contributed by atoms with E-state index < -0.39 is 97.5 Å². The summed E-state index contributed by atoms with van der Waals surface area (Å²) in [6, 6.07) is 0. The SMILES string of the molecule is CCCCCCCCCCCCCCCCCCCCCCC(=O)O[C@H](COC(=O)CCCCCCCCCCCCCCC(C)C)COP(=O)(O)OC[C@@H](O)COP(=O)(O)OC[C@@H](COC(=O)CCCCCCCCC)OC(=O)CCCCCCCCCCCCC. The molecule has 552 valence electrons. The fraction of sp³-hybridized carbons (Fsp3) is 0.946. The van der Waals surface area contributed by atoms with Gasteiger partial charge in [0.05, 0.1) is 26.4 Å². The van der Waals surface area contributed by atoms with Gasteiger partial charge in [-0.25, -0.2) is 9.13 Å². The Bertz CT molecular complexity index is 1790. The Labute approximate surface area is 568 Å². The number of phosphoric acid groups is 2. The van der Waals surface area contributed by atoms with E-state index in [1.807, 2.05) is 0 Å². The van der Waals surface area contributed by atoms with Gasteiger partial charge in [-0.05, 0) is 31.6 Å². The summed E-state index contributed by atoms with van der Waals surface area (Å²) in [6.45, 7) is 7.24. The van der Waals surface area contributed by atoms with Gasteiger partial charge in [-0.3, -0.25) is 37.3 Å².